The molecule has 2 rings (SSSR count). The minimum atomic E-state index is -0.758. The van der Waals surface area contributed by atoms with Gasteiger partial charge in [-0.2, -0.15) is 0 Å². The van der Waals surface area contributed by atoms with Gasteiger partial charge in [-0.15, -0.1) is 10.1 Å². The number of phenols is 1. The Morgan fingerprint density at radius 3 is 2.85 bits per heavy atom. The van der Waals surface area contributed by atoms with E-state index in [9.17, 15) is 20.0 Å². The first-order valence-electron chi connectivity index (χ1n) is 8.80. The summed E-state index contributed by atoms with van der Waals surface area (Å²) in [6.07, 6.45) is 5.63. The van der Waals surface area contributed by atoms with E-state index in [1.165, 1.54) is 19.3 Å². The number of nitrogens with zero attached hydrogens (tertiary/aromatic N) is 2. The van der Waals surface area contributed by atoms with Crippen LogP contribution < -0.4 is 10.1 Å². The normalized spacial score (nSPS) is 15.6. The first kappa shape index (κ1) is 20.5. The maximum absolute atomic E-state index is 12.0. The molecule has 0 saturated carbocycles. The van der Waals surface area contributed by atoms with Crippen molar-refractivity contribution in [3.05, 3.63) is 40.0 Å². The van der Waals surface area contributed by atoms with E-state index in [4.69, 9.17) is 4.74 Å². The molecule has 1 aromatic carbocycles. The summed E-state index contributed by atoms with van der Waals surface area (Å²) in [7, 11) is 1.47. The Hall–Kier alpha value is -2.81. The minimum absolute atomic E-state index is 0.0486. The lowest BCUT2D eigenvalue weighted by molar-refractivity contribution is -0.758. The molecule has 1 fully saturated rings. The van der Waals surface area contributed by atoms with E-state index < -0.39 is 5.09 Å². The first-order chi connectivity index (χ1) is 13.0. The maximum Gasteiger partial charge on any atom is 0.294 e. The standard InChI is InChI=1S/C18H25N3O6/c1-26-17-12-15(2-4-16(17)22)3-5-18(23)19-13-20-9-6-14(7-10-20)8-11-27-21(24)25/h2-5,12,14,22H,6-11,13H2,1H3,(H,19,23). The van der Waals surface area contributed by atoms with Crippen molar-refractivity contribution in [3.63, 3.8) is 0 Å². The highest BCUT2D eigenvalue weighted by molar-refractivity contribution is 5.91. The van der Waals surface area contributed by atoms with Crippen LogP contribution in [0.3, 0.4) is 0 Å². The van der Waals surface area contributed by atoms with Crippen molar-refractivity contribution in [1.82, 2.24) is 10.2 Å². The average molecular weight is 379 g/mol. The highest BCUT2D eigenvalue weighted by Gasteiger charge is 2.19. The number of nitrogens with one attached hydrogen (secondary N) is 1. The van der Waals surface area contributed by atoms with Crippen LogP contribution in [0.5, 0.6) is 11.5 Å². The van der Waals surface area contributed by atoms with Gasteiger partial charge in [-0.3, -0.25) is 9.69 Å². The Morgan fingerprint density at radius 2 is 2.19 bits per heavy atom. The zero-order valence-electron chi connectivity index (χ0n) is 15.3. The second-order valence-corrected chi connectivity index (χ2v) is 6.37. The van der Waals surface area contributed by atoms with Crippen molar-refractivity contribution in [1.29, 1.82) is 0 Å². The minimum Gasteiger partial charge on any atom is -0.504 e. The van der Waals surface area contributed by atoms with E-state index in [-0.39, 0.29) is 18.3 Å². The van der Waals surface area contributed by atoms with Crippen LogP contribution in [0.2, 0.25) is 0 Å². The summed E-state index contributed by atoms with van der Waals surface area (Å²) < 4.78 is 5.03. The van der Waals surface area contributed by atoms with Gasteiger partial charge >= 0.3 is 0 Å². The van der Waals surface area contributed by atoms with Crippen LogP contribution in [-0.2, 0) is 9.63 Å². The molecular formula is C18H25N3O6. The van der Waals surface area contributed by atoms with Crippen LogP contribution in [0, 0.1) is 16.0 Å². The summed E-state index contributed by atoms with van der Waals surface area (Å²) >= 11 is 0. The van der Waals surface area contributed by atoms with Crippen molar-refractivity contribution >= 4 is 12.0 Å². The maximum atomic E-state index is 12.0. The van der Waals surface area contributed by atoms with Crippen LogP contribution >= 0.6 is 0 Å². The second kappa shape index (κ2) is 10.4. The van der Waals surface area contributed by atoms with Crippen molar-refractivity contribution in [3.8, 4) is 11.5 Å². The fraction of sp³-hybridized carbons (Fsp3) is 0.500. The van der Waals surface area contributed by atoms with E-state index in [1.807, 2.05) is 0 Å². The quantitative estimate of drug-likeness (QED) is 0.382. The molecule has 2 N–H and O–H groups in total. The van der Waals surface area contributed by atoms with Crippen LogP contribution in [0.4, 0.5) is 0 Å². The van der Waals surface area contributed by atoms with Crippen LogP contribution in [0.25, 0.3) is 6.08 Å². The number of carbonyl (C=O) groups is 1. The smallest absolute Gasteiger partial charge is 0.294 e. The Kier molecular flexibility index (Phi) is 7.87. The fourth-order valence-electron chi connectivity index (χ4n) is 2.95. The van der Waals surface area contributed by atoms with Crippen molar-refractivity contribution in [2.75, 3.05) is 33.5 Å². The number of hydrogen-bond donors (Lipinski definition) is 2. The van der Waals surface area contributed by atoms with Gasteiger partial charge in [0.15, 0.2) is 11.5 Å². The number of amides is 1. The molecule has 1 aromatic rings. The summed E-state index contributed by atoms with van der Waals surface area (Å²) in [4.78, 5) is 28.6. The summed E-state index contributed by atoms with van der Waals surface area (Å²) in [5.41, 5.74) is 0.748. The van der Waals surface area contributed by atoms with Gasteiger partial charge in [-0.1, -0.05) is 6.07 Å². The number of likely N-dealkylation sites (tertiary alicyclic amines) is 1. The Labute approximate surface area is 157 Å². The van der Waals surface area contributed by atoms with Crippen molar-refractivity contribution < 1.29 is 24.6 Å². The monoisotopic (exact) mass is 379 g/mol. The van der Waals surface area contributed by atoms with Gasteiger partial charge in [0.05, 0.1) is 20.4 Å². The predicted octanol–water partition coefficient (Wildman–Crippen LogP) is 1.80. The van der Waals surface area contributed by atoms with Crippen molar-refractivity contribution in [2.24, 2.45) is 5.92 Å². The molecule has 1 amide bonds. The molecule has 27 heavy (non-hydrogen) atoms. The molecule has 9 nitrogen and oxygen atoms in total. The number of ether oxygens (including phenoxy) is 1. The third kappa shape index (κ3) is 7.14. The van der Waals surface area contributed by atoms with E-state index >= 15 is 0 Å². The number of piperidine rings is 1. The van der Waals surface area contributed by atoms with Crippen molar-refractivity contribution in [2.45, 2.75) is 19.3 Å². The molecule has 148 valence electrons. The van der Waals surface area contributed by atoms with Gasteiger partial charge in [0.2, 0.25) is 5.91 Å². The molecule has 1 heterocycles. The highest BCUT2D eigenvalue weighted by atomic mass is 16.9. The molecule has 0 atom stereocenters. The van der Waals surface area contributed by atoms with E-state index in [0.29, 0.717) is 24.8 Å². The van der Waals surface area contributed by atoms with Gasteiger partial charge in [-0.05, 0) is 49.0 Å². The number of benzene rings is 1. The summed E-state index contributed by atoms with van der Waals surface area (Å²) in [5.74, 6) is 0.612. The molecule has 0 spiro atoms. The molecule has 0 aliphatic carbocycles. The molecule has 9 heteroatoms. The number of hydrogen-bond acceptors (Lipinski definition) is 7. The molecule has 0 aromatic heterocycles. The molecule has 1 aliphatic rings. The SMILES string of the molecule is COc1cc(C=CC(=O)NCN2CCC(CCO[N+](=O)[O-])CC2)ccc1O. The number of rotatable bonds is 9. The van der Waals surface area contributed by atoms with E-state index in [0.717, 1.165) is 31.5 Å². The highest BCUT2D eigenvalue weighted by Crippen LogP contribution is 2.26. The summed E-state index contributed by atoms with van der Waals surface area (Å²) in [5, 5.41) is 21.8. The van der Waals surface area contributed by atoms with Gasteiger partial charge in [0, 0.05) is 19.2 Å². The van der Waals surface area contributed by atoms with E-state index in [1.54, 1.807) is 18.2 Å². The Balaban J connectivity index is 1.68. The number of methoxy groups -OCH3 is 1. The lowest BCUT2D eigenvalue weighted by atomic mass is 9.94. The molecular weight excluding hydrogens is 354 g/mol. The summed E-state index contributed by atoms with van der Waals surface area (Å²) in [6, 6.07) is 4.85. The predicted molar refractivity (Wildman–Crippen MR) is 98.6 cm³/mol. The molecule has 0 radical (unpaired) electrons. The lowest BCUT2D eigenvalue weighted by Crippen LogP contribution is -2.41. The second-order valence-electron chi connectivity index (χ2n) is 6.37. The third-order valence-electron chi connectivity index (χ3n) is 4.54. The Morgan fingerprint density at radius 1 is 1.44 bits per heavy atom. The summed E-state index contributed by atoms with van der Waals surface area (Å²) in [6.45, 7) is 2.27. The third-order valence-corrected chi connectivity index (χ3v) is 4.54. The van der Waals surface area contributed by atoms with Gasteiger partial charge in [0.25, 0.3) is 5.09 Å². The average Bonchev–Trinajstić information content (AvgIpc) is 2.66. The largest absolute Gasteiger partial charge is 0.504 e. The zero-order chi connectivity index (χ0) is 19.6. The molecule has 1 saturated heterocycles. The fourth-order valence-corrected chi connectivity index (χ4v) is 2.95. The van der Waals surface area contributed by atoms with E-state index in [2.05, 4.69) is 15.1 Å². The van der Waals surface area contributed by atoms with Gasteiger partial charge < -0.3 is 20.0 Å². The first-order valence-corrected chi connectivity index (χ1v) is 8.80. The number of carbonyl (C=O) groups excluding carboxylic acids is 1. The lowest BCUT2D eigenvalue weighted by Gasteiger charge is -2.31. The zero-order valence-corrected chi connectivity index (χ0v) is 15.3. The topological polar surface area (TPSA) is 114 Å². The van der Waals surface area contributed by atoms with Gasteiger partial charge in [0.1, 0.15) is 0 Å². The van der Waals surface area contributed by atoms with Crippen LogP contribution in [0.15, 0.2) is 24.3 Å². The number of aromatic hydroxyl groups is 1. The molecule has 0 unspecified atom stereocenters. The van der Waals surface area contributed by atoms with Crippen LogP contribution in [0.1, 0.15) is 24.8 Å². The molecule has 1 aliphatic heterocycles. The Bertz CT molecular complexity index is 671. The van der Waals surface area contributed by atoms with Gasteiger partial charge in [-0.25, -0.2) is 0 Å². The van der Waals surface area contributed by atoms with Crippen LogP contribution in [-0.4, -0.2) is 54.5 Å². The number of phenolic OH excluding ortho intramolecular Hbond substituents is 1. The molecule has 0 bridgehead atoms.